The zero-order chi connectivity index (χ0) is 21.9. The molecule has 0 spiro atoms. The maximum absolute atomic E-state index is 13.4. The first-order chi connectivity index (χ1) is 14.1. The molecule has 1 aromatic carbocycles. The van der Waals surface area contributed by atoms with Crippen LogP contribution in [0.4, 0.5) is 24.9 Å². The summed E-state index contributed by atoms with van der Waals surface area (Å²) in [4.78, 5) is 9.86. The Hall–Kier alpha value is -2.42. The van der Waals surface area contributed by atoms with Crippen molar-refractivity contribution >= 4 is 29.1 Å². The van der Waals surface area contributed by atoms with Crippen LogP contribution in [0.3, 0.4) is 0 Å². The highest BCUT2D eigenvalue weighted by atomic mass is 32.1. The number of hydrogen-bond acceptors (Lipinski definition) is 4. The predicted molar refractivity (Wildman–Crippen MR) is 116 cm³/mol. The third kappa shape index (κ3) is 6.04. The average molecular weight is 438 g/mol. The van der Waals surface area contributed by atoms with E-state index in [0.717, 1.165) is 23.6 Å². The third-order valence-corrected chi connectivity index (χ3v) is 5.24. The van der Waals surface area contributed by atoms with Gasteiger partial charge in [0.1, 0.15) is 5.82 Å². The number of aryl methyl sites for hydroxylation is 1. The highest BCUT2D eigenvalue weighted by molar-refractivity contribution is 7.80. The lowest BCUT2D eigenvalue weighted by atomic mass is 9.92. The first-order valence-corrected chi connectivity index (χ1v) is 10.3. The van der Waals surface area contributed by atoms with E-state index in [1.165, 1.54) is 0 Å². The Morgan fingerprint density at radius 3 is 2.37 bits per heavy atom. The van der Waals surface area contributed by atoms with Crippen LogP contribution < -0.4 is 15.5 Å². The summed E-state index contributed by atoms with van der Waals surface area (Å²) in [6, 6.07) is 8.90. The Morgan fingerprint density at radius 2 is 1.77 bits per heavy atom. The van der Waals surface area contributed by atoms with Crippen molar-refractivity contribution in [1.29, 1.82) is 0 Å². The molecule has 2 heterocycles. The van der Waals surface area contributed by atoms with E-state index in [9.17, 15) is 13.2 Å². The Kier molecular flexibility index (Phi) is 6.80. The van der Waals surface area contributed by atoms with E-state index in [2.05, 4.69) is 34.4 Å². The van der Waals surface area contributed by atoms with Gasteiger partial charge in [-0.05, 0) is 43.0 Å². The molecule has 3 rings (SSSR count). The van der Waals surface area contributed by atoms with Crippen molar-refractivity contribution in [3.63, 3.8) is 0 Å². The molecular formula is C21H26F3N5S. The van der Waals surface area contributed by atoms with Crippen molar-refractivity contribution in [1.82, 2.24) is 15.3 Å². The van der Waals surface area contributed by atoms with Crippen LogP contribution in [0, 0.1) is 18.8 Å². The number of aromatic nitrogens is 2. The van der Waals surface area contributed by atoms with Gasteiger partial charge in [-0.15, -0.1) is 0 Å². The van der Waals surface area contributed by atoms with Gasteiger partial charge in [-0.1, -0.05) is 43.7 Å². The largest absolute Gasteiger partial charge is 0.433 e. The smallest absolute Gasteiger partial charge is 0.358 e. The summed E-state index contributed by atoms with van der Waals surface area (Å²) in [6.45, 7) is 7.95. The lowest BCUT2D eigenvalue weighted by Gasteiger charge is -2.36. The molecule has 1 aliphatic rings. The van der Waals surface area contributed by atoms with Crippen LogP contribution in [0.25, 0.3) is 0 Å². The highest BCUT2D eigenvalue weighted by Crippen LogP contribution is 2.32. The number of halogens is 3. The van der Waals surface area contributed by atoms with Crippen molar-refractivity contribution in [2.45, 2.75) is 39.9 Å². The second kappa shape index (κ2) is 9.16. The molecule has 1 aromatic heterocycles. The predicted octanol–water partition coefficient (Wildman–Crippen LogP) is 4.77. The first kappa shape index (κ1) is 22.3. The van der Waals surface area contributed by atoms with Crippen LogP contribution in [0.1, 0.15) is 37.1 Å². The van der Waals surface area contributed by atoms with Crippen molar-refractivity contribution < 1.29 is 13.2 Å². The molecule has 162 valence electrons. The summed E-state index contributed by atoms with van der Waals surface area (Å²) in [7, 11) is 0. The molecule has 30 heavy (non-hydrogen) atoms. The number of rotatable bonds is 4. The van der Waals surface area contributed by atoms with Crippen LogP contribution in [0.5, 0.6) is 0 Å². The van der Waals surface area contributed by atoms with Gasteiger partial charge in [0, 0.05) is 25.7 Å². The van der Waals surface area contributed by atoms with Crippen molar-refractivity contribution in [3.05, 3.63) is 47.2 Å². The molecule has 0 radical (unpaired) electrons. The molecule has 2 N–H and O–H groups in total. The number of anilines is 2. The van der Waals surface area contributed by atoms with E-state index >= 15 is 0 Å². The Balaban J connectivity index is 1.75. The van der Waals surface area contributed by atoms with Gasteiger partial charge in [-0.25, -0.2) is 4.98 Å². The Morgan fingerprint density at radius 1 is 1.13 bits per heavy atom. The fourth-order valence-corrected chi connectivity index (χ4v) is 3.85. The van der Waals surface area contributed by atoms with E-state index in [-0.39, 0.29) is 16.9 Å². The molecule has 0 unspecified atom stereocenters. The molecule has 2 atom stereocenters. The van der Waals surface area contributed by atoms with Crippen molar-refractivity contribution in [2.75, 3.05) is 23.3 Å². The minimum atomic E-state index is -4.57. The van der Waals surface area contributed by atoms with Gasteiger partial charge >= 0.3 is 6.18 Å². The molecule has 1 aliphatic heterocycles. The Bertz CT molecular complexity index is 875. The summed E-state index contributed by atoms with van der Waals surface area (Å²) >= 11 is 5.24. The number of nitrogens with one attached hydrogen (secondary N) is 2. The minimum Gasteiger partial charge on any atom is -0.358 e. The normalized spacial score (nSPS) is 19.5. The number of benzene rings is 1. The second-order valence-corrected chi connectivity index (χ2v) is 8.49. The highest BCUT2D eigenvalue weighted by Gasteiger charge is 2.35. The summed E-state index contributed by atoms with van der Waals surface area (Å²) < 4.78 is 40.3. The maximum atomic E-state index is 13.4. The molecule has 0 saturated carbocycles. The van der Waals surface area contributed by atoms with Crippen LogP contribution in [-0.4, -0.2) is 28.2 Å². The van der Waals surface area contributed by atoms with Crippen LogP contribution >= 0.6 is 12.2 Å². The van der Waals surface area contributed by atoms with E-state index in [1.54, 1.807) is 0 Å². The first-order valence-electron chi connectivity index (χ1n) is 9.92. The van der Waals surface area contributed by atoms with Gasteiger partial charge in [0.15, 0.2) is 10.8 Å². The van der Waals surface area contributed by atoms with Crippen molar-refractivity contribution in [2.24, 2.45) is 11.8 Å². The van der Waals surface area contributed by atoms with E-state index in [1.807, 2.05) is 36.1 Å². The topological polar surface area (TPSA) is 53.1 Å². The Labute approximate surface area is 180 Å². The van der Waals surface area contributed by atoms with Gasteiger partial charge in [0.2, 0.25) is 5.95 Å². The standard InChI is InChI=1S/C21H26F3N5S/c1-13-4-6-16(7-5-13)10-25-20(30)28-19-26-17(21(22,23)24)9-18(27-19)29-11-14(2)8-15(3)12-29/h4-7,9,14-15H,8,10-12H2,1-3H3,(H2,25,26,27,28,30)/t14-,15-/m1/s1. The van der Waals surface area contributed by atoms with Crippen LogP contribution in [0.2, 0.25) is 0 Å². The van der Waals surface area contributed by atoms with Gasteiger partial charge < -0.3 is 15.5 Å². The van der Waals surface area contributed by atoms with Gasteiger partial charge in [0.05, 0.1) is 0 Å². The van der Waals surface area contributed by atoms with Gasteiger partial charge in [0.25, 0.3) is 0 Å². The van der Waals surface area contributed by atoms with Gasteiger partial charge in [-0.3, -0.25) is 0 Å². The molecule has 5 nitrogen and oxygen atoms in total. The molecule has 1 fully saturated rings. The van der Waals surface area contributed by atoms with Crippen molar-refractivity contribution in [3.8, 4) is 0 Å². The lowest BCUT2D eigenvalue weighted by molar-refractivity contribution is -0.141. The fraction of sp³-hybridized carbons (Fsp3) is 0.476. The summed E-state index contributed by atoms with van der Waals surface area (Å²) in [5.74, 6) is 0.866. The molecule has 0 amide bonds. The minimum absolute atomic E-state index is 0.160. The number of piperidine rings is 1. The summed E-state index contributed by atoms with van der Waals surface area (Å²) in [5, 5.41) is 5.86. The number of alkyl halides is 3. The molecule has 2 aromatic rings. The molecular weight excluding hydrogens is 411 g/mol. The SMILES string of the molecule is Cc1ccc(CNC(=S)Nc2nc(N3C[C@H](C)C[C@@H](C)C3)cc(C(F)(F)F)n2)cc1. The van der Waals surface area contributed by atoms with Crippen LogP contribution in [-0.2, 0) is 12.7 Å². The molecule has 9 heteroatoms. The molecule has 0 bridgehead atoms. The number of thiocarbonyl (C=S) groups is 1. The second-order valence-electron chi connectivity index (χ2n) is 8.08. The molecule has 1 saturated heterocycles. The molecule has 0 aliphatic carbocycles. The fourth-order valence-electron chi connectivity index (χ4n) is 3.68. The monoisotopic (exact) mass is 437 g/mol. The van der Waals surface area contributed by atoms with Crippen LogP contribution in [0.15, 0.2) is 30.3 Å². The van der Waals surface area contributed by atoms with Gasteiger partial charge in [-0.2, -0.15) is 18.2 Å². The lowest BCUT2D eigenvalue weighted by Crippen LogP contribution is -2.39. The average Bonchev–Trinajstić information content (AvgIpc) is 2.66. The van der Waals surface area contributed by atoms with E-state index in [4.69, 9.17) is 12.2 Å². The third-order valence-electron chi connectivity index (χ3n) is 4.99. The zero-order valence-electron chi connectivity index (χ0n) is 17.3. The summed E-state index contributed by atoms with van der Waals surface area (Å²) in [5.41, 5.74) is 1.17. The summed E-state index contributed by atoms with van der Waals surface area (Å²) in [6.07, 6.45) is -3.52. The quantitative estimate of drug-likeness (QED) is 0.672. The maximum Gasteiger partial charge on any atom is 0.433 e. The number of hydrogen-bond donors (Lipinski definition) is 2. The number of nitrogens with zero attached hydrogens (tertiary/aromatic N) is 3. The van der Waals surface area contributed by atoms with E-state index in [0.29, 0.717) is 31.5 Å². The van der Waals surface area contributed by atoms with E-state index < -0.39 is 11.9 Å². The zero-order valence-corrected chi connectivity index (χ0v) is 18.1.